The summed E-state index contributed by atoms with van der Waals surface area (Å²) in [5.74, 6) is 0.315. The molecule has 4 aliphatic heterocycles. The number of rotatable bonds is 10. The van der Waals surface area contributed by atoms with Gasteiger partial charge in [0.2, 0.25) is 11.8 Å². The zero-order valence-corrected chi connectivity index (χ0v) is 32.9. The average Bonchev–Trinajstić information content (AvgIpc) is 3.94. The van der Waals surface area contributed by atoms with E-state index in [1.54, 1.807) is 7.11 Å². The van der Waals surface area contributed by atoms with Crippen LogP contribution in [0.5, 0.6) is 5.75 Å². The zero-order valence-electron chi connectivity index (χ0n) is 30.4. The van der Waals surface area contributed by atoms with Gasteiger partial charge in [-0.25, -0.2) is 0 Å². The van der Waals surface area contributed by atoms with E-state index in [2.05, 4.69) is 58.7 Å². The van der Waals surface area contributed by atoms with E-state index in [1.807, 2.05) is 64.4 Å². The molecule has 10 nitrogen and oxygen atoms in total. The van der Waals surface area contributed by atoms with Crippen molar-refractivity contribution in [2.75, 3.05) is 37.0 Å². The molecule has 3 saturated heterocycles. The highest BCUT2D eigenvalue weighted by molar-refractivity contribution is 9.10. The number of carbonyl (C=O) groups is 3. The number of likely N-dealkylation sites (tertiary alicyclic amines) is 1. The first-order chi connectivity index (χ1) is 25.0. The minimum atomic E-state index is -2.45. The predicted molar refractivity (Wildman–Crippen MR) is 207 cm³/mol. The van der Waals surface area contributed by atoms with E-state index >= 15 is 4.79 Å². The number of hydrogen-bond acceptors (Lipinski definition) is 7. The van der Waals surface area contributed by atoms with Crippen molar-refractivity contribution in [3.8, 4) is 5.75 Å². The summed E-state index contributed by atoms with van der Waals surface area (Å²) >= 11 is 3.68. The van der Waals surface area contributed by atoms with Gasteiger partial charge in [-0.15, -0.1) is 0 Å². The van der Waals surface area contributed by atoms with Gasteiger partial charge in [-0.2, -0.15) is 0 Å². The number of ether oxygens (including phenoxy) is 2. The number of halogens is 1. The van der Waals surface area contributed by atoms with Crippen LogP contribution in [0.1, 0.15) is 50.2 Å². The fraction of sp³-hybridized carbons (Fsp3) is 0.475. The maximum Gasteiger partial charge on any atom is 0.264 e. The molecule has 0 bridgehead atoms. The van der Waals surface area contributed by atoms with Crippen LogP contribution < -0.4 is 25.5 Å². The lowest BCUT2D eigenvalue weighted by molar-refractivity contribution is -0.150. The lowest BCUT2D eigenvalue weighted by atomic mass is 9.82. The van der Waals surface area contributed by atoms with Crippen LogP contribution in [0, 0.1) is 5.92 Å². The van der Waals surface area contributed by atoms with Crippen molar-refractivity contribution in [2.45, 2.75) is 88.0 Å². The summed E-state index contributed by atoms with van der Waals surface area (Å²) in [6, 6.07) is 21.4. The molecule has 0 aliphatic carbocycles. The maximum absolute atomic E-state index is 15.1. The van der Waals surface area contributed by atoms with Crippen LogP contribution in [0.2, 0.25) is 18.6 Å². The summed E-state index contributed by atoms with van der Waals surface area (Å²) in [7, 11) is -0.791. The first-order valence-electron chi connectivity index (χ1n) is 18.5. The fourth-order valence-electron chi connectivity index (χ4n) is 9.30. The molecule has 0 unspecified atom stereocenters. The molecule has 3 aromatic carbocycles. The fourth-order valence-corrected chi connectivity index (χ4v) is 13.7. The molecule has 7 rings (SSSR count). The van der Waals surface area contributed by atoms with Crippen LogP contribution in [0.3, 0.4) is 0 Å². The van der Waals surface area contributed by atoms with Crippen LogP contribution in [-0.4, -0.2) is 80.8 Å². The summed E-state index contributed by atoms with van der Waals surface area (Å²) in [6.07, 6.45) is 3.08. The highest BCUT2D eigenvalue weighted by Crippen LogP contribution is 2.60. The molecule has 3 N–H and O–H groups in total. The normalized spacial score (nSPS) is 27.0. The number of methoxy groups -OCH3 is 1. The third-order valence-corrected chi connectivity index (χ3v) is 16.9. The predicted octanol–water partition coefficient (Wildman–Crippen LogP) is 5.28. The largest absolute Gasteiger partial charge is 0.497 e. The topological polar surface area (TPSA) is 120 Å². The van der Waals surface area contributed by atoms with Crippen molar-refractivity contribution < 1.29 is 29.0 Å². The highest BCUT2D eigenvalue weighted by atomic mass is 79.9. The van der Waals surface area contributed by atoms with Gasteiger partial charge in [0.05, 0.1) is 58.6 Å². The number of fused-ring (bicyclic) bond motifs is 2. The maximum atomic E-state index is 15.1. The molecule has 4 aliphatic rings. The Balaban J connectivity index is 1.22. The molecule has 52 heavy (non-hydrogen) atoms. The van der Waals surface area contributed by atoms with Crippen LogP contribution in [0.4, 0.5) is 11.4 Å². The Hall–Kier alpha value is -3.55. The Bertz CT molecular complexity index is 1820. The Kier molecular flexibility index (Phi) is 10.4. The average molecular weight is 790 g/mol. The standard InChI is InChI=1S/C40H49BrN4O6Si/c1-25-37(52(3,4)31-16-14-30(50-2)15-17-31)35(22-36(47)44-20-6-7-29(44)24-46)51-40(25)32-21-27(41)11-18-34(32)45(39(40)49)23-26-9-12-28(13-10-26)43-38(48)33-8-5-19-42-33/h9-18,21,25,29,33,35,37,42,46H,5-8,19-20,22-24H2,1-4H3,(H,43,48)/t25-,29-,33+,35+,37-,40+/m0/s1. The van der Waals surface area contributed by atoms with E-state index in [1.165, 1.54) is 5.19 Å². The van der Waals surface area contributed by atoms with E-state index < -0.39 is 19.8 Å². The van der Waals surface area contributed by atoms with Crippen molar-refractivity contribution in [1.29, 1.82) is 0 Å². The number of nitrogens with one attached hydrogen (secondary N) is 2. The van der Waals surface area contributed by atoms with Crippen LogP contribution in [0.25, 0.3) is 0 Å². The van der Waals surface area contributed by atoms with E-state index in [9.17, 15) is 14.7 Å². The van der Waals surface area contributed by atoms with Gasteiger partial charge in [0, 0.05) is 28.2 Å². The Labute approximate surface area is 315 Å². The zero-order chi connectivity index (χ0) is 36.8. The van der Waals surface area contributed by atoms with Crippen LogP contribution >= 0.6 is 15.9 Å². The van der Waals surface area contributed by atoms with Crippen LogP contribution in [-0.2, 0) is 31.3 Å². The number of hydrogen-bond donors (Lipinski definition) is 3. The molecular formula is C40H49BrN4O6Si. The number of benzene rings is 3. The van der Waals surface area contributed by atoms with Gasteiger partial charge < -0.3 is 35.0 Å². The van der Waals surface area contributed by atoms with Crippen molar-refractivity contribution in [3.05, 3.63) is 82.3 Å². The van der Waals surface area contributed by atoms with Gasteiger partial charge in [0.15, 0.2) is 5.60 Å². The summed E-state index contributed by atoms with van der Waals surface area (Å²) in [6.45, 7) is 8.47. The van der Waals surface area contributed by atoms with Crippen molar-refractivity contribution >= 4 is 58.3 Å². The molecule has 1 spiro atoms. The van der Waals surface area contributed by atoms with Gasteiger partial charge in [-0.1, -0.05) is 65.4 Å². The molecule has 6 atom stereocenters. The second kappa shape index (κ2) is 14.7. The molecule has 4 heterocycles. The smallest absolute Gasteiger partial charge is 0.264 e. The Morgan fingerprint density at radius 3 is 2.50 bits per heavy atom. The molecule has 0 saturated carbocycles. The summed E-state index contributed by atoms with van der Waals surface area (Å²) in [5.41, 5.74) is 1.84. The molecule has 12 heteroatoms. The first kappa shape index (κ1) is 36.8. The molecule has 3 amide bonds. The minimum absolute atomic E-state index is 0.0332. The number of carbonyl (C=O) groups excluding carboxylic acids is 3. The number of aliphatic hydroxyl groups excluding tert-OH is 1. The molecule has 3 fully saturated rings. The van der Waals surface area contributed by atoms with Crippen molar-refractivity contribution in [1.82, 2.24) is 10.2 Å². The number of aliphatic hydroxyl groups is 1. The molecule has 0 radical (unpaired) electrons. The van der Waals surface area contributed by atoms with E-state index in [0.717, 1.165) is 59.3 Å². The Morgan fingerprint density at radius 1 is 1.08 bits per heavy atom. The molecule has 0 aromatic heterocycles. The van der Waals surface area contributed by atoms with Crippen LogP contribution in [0.15, 0.2) is 71.2 Å². The summed E-state index contributed by atoms with van der Waals surface area (Å²) in [5, 5.41) is 17.5. The molecule has 3 aromatic rings. The Morgan fingerprint density at radius 2 is 1.83 bits per heavy atom. The number of anilines is 2. The van der Waals surface area contributed by atoms with Gasteiger partial charge >= 0.3 is 0 Å². The quantitative estimate of drug-likeness (QED) is 0.239. The first-order valence-corrected chi connectivity index (χ1v) is 22.3. The highest BCUT2D eigenvalue weighted by Gasteiger charge is 2.66. The lowest BCUT2D eigenvalue weighted by Gasteiger charge is -2.37. The van der Waals surface area contributed by atoms with E-state index in [4.69, 9.17) is 9.47 Å². The second-order valence-electron chi connectivity index (χ2n) is 15.3. The van der Waals surface area contributed by atoms with Gasteiger partial charge in [0.25, 0.3) is 5.91 Å². The summed E-state index contributed by atoms with van der Waals surface area (Å²) in [4.78, 5) is 45.5. The van der Waals surface area contributed by atoms with Gasteiger partial charge in [-0.3, -0.25) is 14.4 Å². The second-order valence-corrected chi connectivity index (χ2v) is 20.9. The minimum Gasteiger partial charge on any atom is -0.497 e. The third kappa shape index (κ3) is 6.50. The van der Waals surface area contributed by atoms with Crippen molar-refractivity contribution in [3.63, 3.8) is 0 Å². The lowest BCUT2D eigenvalue weighted by Crippen LogP contribution is -2.52. The summed E-state index contributed by atoms with van der Waals surface area (Å²) < 4.78 is 13.5. The van der Waals surface area contributed by atoms with E-state index in [0.29, 0.717) is 18.8 Å². The van der Waals surface area contributed by atoms with E-state index in [-0.39, 0.29) is 54.3 Å². The monoisotopic (exact) mass is 788 g/mol. The van der Waals surface area contributed by atoms with Gasteiger partial charge in [-0.05, 0) is 85.8 Å². The molecular weight excluding hydrogens is 740 g/mol. The third-order valence-electron chi connectivity index (χ3n) is 12.0. The number of nitrogens with zero attached hydrogens (tertiary/aromatic N) is 2. The van der Waals surface area contributed by atoms with Gasteiger partial charge in [0.1, 0.15) is 5.75 Å². The van der Waals surface area contributed by atoms with Crippen molar-refractivity contribution in [2.24, 2.45) is 5.92 Å². The SMILES string of the molecule is COc1ccc([Si](C)(C)[C@@H]2[C@@H](CC(=O)N3CCC[C@H]3CO)O[C@]3(C(=O)N(Cc4ccc(NC(=O)[C@H]5CCCN5)cc4)c4ccc(Br)cc43)[C@H]2C)cc1. The number of amides is 3. The molecule has 276 valence electrons.